The van der Waals surface area contributed by atoms with Crippen molar-refractivity contribution in [3.8, 4) is 11.1 Å². The Hall–Kier alpha value is -3.50. The third-order valence-corrected chi connectivity index (χ3v) is 6.37. The molecule has 5 rings (SSSR count). The molecule has 2 unspecified atom stereocenters. The van der Waals surface area contributed by atoms with E-state index in [1.807, 2.05) is 42.5 Å². The third-order valence-electron chi connectivity index (χ3n) is 6.37. The molecule has 0 spiro atoms. The maximum Gasteiger partial charge on any atom is 0.261 e. The minimum atomic E-state index is -0.381. The molecule has 3 aromatic rings. The van der Waals surface area contributed by atoms with Crippen LogP contribution in [0, 0.1) is 10.1 Å². The van der Waals surface area contributed by atoms with E-state index in [2.05, 4.69) is 30.9 Å². The van der Waals surface area contributed by atoms with E-state index in [1.165, 1.54) is 5.56 Å². The zero-order valence-electron chi connectivity index (χ0n) is 16.5. The van der Waals surface area contributed by atoms with Crippen LogP contribution in [0.3, 0.4) is 0 Å². The van der Waals surface area contributed by atoms with E-state index in [0.29, 0.717) is 11.6 Å². The molecule has 0 aromatic heterocycles. The summed E-state index contributed by atoms with van der Waals surface area (Å²) in [6.07, 6.45) is 5.14. The molecule has 148 valence electrons. The summed E-state index contributed by atoms with van der Waals surface area (Å²) in [5, 5.41) is 14.1. The summed E-state index contributed by atoms with van der Waals surface area (Å²) in [7, 11) is 0. The average Bonchev–Trinajstić information content (AvgIpc) is 2.78. The molecule has 2 aliphatic carbocycles. The van der Waals surface area contributed by atoms with Gasteiger partial charge in [0.15, 0.2) is 0 Å². The molecule has 3 aromatic carbocycles. The van der Waals surface area contributed by atoms with E-state index in [0.717, 1.165) is 39.5 Å². The van der Waals surface area contributed by atoms with Crippen molar-refractivity contribution in [1.29, 1.82) is 0 Å². The predicted octanol–water partition coefficient (Wildman–Crippen LogP) is 3.91. The molecule has 0 bridgehead atoms. The zero-order valence-corrected chi connectivity index (χ0v) is 16.5. The quantitative estimate of drug-likeness (QED) is 0.541. The monoisotopic (exact) mass is 394 g/mol. The highest BCUT2D eigenvalue weighted by molar-refractivity contribution is 5.75. The molecule has 0 radical (unpaired) electrons. The summed E-state index contributed by atoms with van der Waals surface area (Å²) in [6, 6.07) is 19.8. The molecule has 0 amide bonds. The van der Waals surface area contributed by atoms with Gasteiger partial charge in [-0.15, -0.1) is 0 Å². The molecule has 30 heavy (non-hydrogen) atoms. The first-order valence-corrected chi connectivity index (χ1v) is 10.2. The summed E-state index contributed by atoms with van der Waals surface area (Å²) < 4.78 is 0. The number of rotatable bonds is 3. The lowest BCUT2D eigenvalue weighted by Gasteiger charge is -2.28. The summed E-state index contributed by atoms with van der Waals surface area (Å²) in [5.41, 5.74) is 12.9. The van der Waals surface area contributed by atoms with Crippen molar-refractivity contribution < 1.29 is 4.92 Å². The molecule has 0 saturated carbocycles. The Morgan fingerprint density at radius 3 is 2.57 bits per heavy atom. The Labute approximate surface area is 174 Å². The zero-order chi connectivity index (χ0) is 20.8. The van der Waals surface area contributed by atoms with E-state index in [1.54, 1.807) is 6.08 Å². The van der Waals surface area contributed by atoms with Crippen LogP contribution in [0.4, 0.5) is 0 Å². The lowest BCUT2D eigenvalue weighted by Crippen LogP contribution is -2.43. The van der Waals surface area contributed by atoms with Gasteiger partial charge in [0, 0.05) is 6.04 Å². The molecule has 0 fully saturated rings. The van der Waals surface area contributed by atoms with Gasteiger partial charge in [-0.1, -0.05) is 79.4 Å². The highest BCUT2D eigenvalue weighted by atomic mass is 16.6. The van der Waals surface area contributed by atoms with Gasteiger partial charge < -0.3 is 5.73 Å². The van der Waals surface area contributed by atoms with Crippen LogP contribution in [0.5, 0.6) is 0 Å². The van der Waals surface area contributed by atoms with Crippen LogP contribution in [0.25, 0.3) is 29.0 Å². The Morgan fingerprint density at radius 2 is 1.77 bits per heavy atom. The highest BCUT2D eigenvalue weighted by Gasteiger charge is 2.37. The molecule has 4 nitrogen and oxygen atoms in total. The molecule has 0 saturated heterocycles. The van der Waals surface area contributed by atoms with Crippen LogP contribution in [0.1, 0.15) is 40.6 Å². The first-order chi connectivity index (χ1) is 14.6. The van der Waals surface area contributed by atoms with Crippen molar-refractivity contribution in [1.82, 2.24) is 0 Å². The number of nitrogens with two attached hydrogens (primary N) is 1. The number of fused-ring (bicyclic) bond motifs is 5. The SMILES string of the molecule is C=Cc1ccccc1C1CC(N)c2ccc3c(c2=C1[N+](=O)[O-])=CCc1ccccc1-3. The minimum Gasteiger partial charge on any atom is -0.324 e. The van der Waals surface area contributed by atoms with Crippen LogP contribution >= 0.6 is 0 Å². The van der Waals surface area contributed by atoms with Gasteiger partial charge >= 0.3 is 0 Å². The molecule has 0 aliphatic heterocycles. The van der Waals surface area contributed by atoms with Crippen LogP contribution in [-0.2, 0) is 6.42 Å². The van der Waals surface area contributed by atoms with Crippen LogP contribution in [0.15, 0.2) is 67.2 Å². The van der Waals surface area contributed by atoms with Crippen LogP contribution in [0.2, 0.25) is 0 Å². The van der Waals surface area contributed by atoms with Gasteiger partial charge in [-0.05, 0) is 51.4 Å². The maximum atomic E-state index is 12.4. The van der Waals surface area contributed by atoms with Crippen molar-refractivity contribution in [2.75, 3.05) is 0 Å². The van der Waals surface area contributed by atoms with Gasteiger partial charge in [0.1, 0.15) is 0 Å². The number of nitro groups is 1. The van der Waals surface area contributed by atoms with Gasteiger partial charge in [-0.2, -0.15) is 0 Å². The molecule has 2 N–H and O–H groups in total. The smallest absolute Gasteiger partial charge is 0.261 e. The fourth-order valence-corrected chi connectivity index (χ4v) is 5.02. The minimum absolute atomic E-state index is 0.204. The normalized spacial score (nSPS) is 19.2. The topological polar surface area (TPSA) is 69.2 Å². The van der Waals surface area contributed by atoms with E-state index in [-0.39, 0.29) is 22.6 Å². The molecule has 4 heteroatoms. The summed E-state index contributed by atoms with van der Waals surface area (Å²) >= 11 is 0. The summed E-state index contributed by atoms with van der Waals surface area (Å²) in [5.74, 6) is -0.381. The summed E-state index contributed by atoms with van der Waals surface area (Å²) in [4.78, 5) is 12.2. The van der Waals surface area contributed by atoms with Gasteiger partial charge in [0.2, 0.25) is 0 Å². The first kappa shape index (κ1) is 18.5. The van der Waals surface area contributed by atoms with Crippen molar-refractivity contribution in [3.05, 3.63) is 110 Å². The van der Waals surface area contributed by atoms with Crippen molar-refractivity contribution in [2.24, 2.45) is 5.73 Å². The Bertz CT molecular complexity index is 1320. The number of nitrogens with zero attached hydrogens (tertiary/aromatic N) is 1. The molecular weight excluding hydrogens is 372 g/mol. The predicted molar refractivity (Wildman–Crippen MR) is 121 cm³/mol. The van der Waals surface area contributed by atoms with Gasteiger partial charge in [0.05, 0.1) is 16.1 Å². The Morgan fingerprint density at radius 1 is 1.00 bits per heavy atom. The first-order valence-electron chi connectivity index (χ1n) is 10.2. The fraction of sp³-hybridized carbons (Fsp3) is 0.154. The lowest BCUT2D eigenvalue weighted by molar-refractivity contribution is -0.384. The Balaban J connectivity index is 1.89. The van der Waals surface area contributed by atoms with Crippen molar-refractivity contribution in [3.63, 3.8) is 0 Å². The van der Waals surface area contributed by atoms with Crippen LogP contribution in [-0.4, -0.2) is 4.92 Å². The Kier molecular flexibility index (Phi) is 4.37. The average molecular weight is 394 g/mol. The van der Waals surface area contributed by atoms with E-state index < -0.39 is 0 Å². The second kappa shape index (κ2) is 7.08. The van der Waals surface area contributed by atoms with E-state index in [4.69, 9.17) is 5.73 Å². The van der Waals surface area contributed by atoms with Crippen molar-refractivity contribution in [2.45, 2.75) is 24.8 Å². The van der Waals surface area contributed by atoms with Gasteiger partial charge in [0.25, 0.3) is 5.70 Å². The largest absolute Gasteiger partial charge is 0.324 e. The van der Waals surface area contributed by atoms with Crippen LogP contribution < -0.4 is 16.2 Å². The number of hydrogen-bond donors (Lipinski definition) is 1. The molecule has 2 atom stereocenters. The number of benzene rings is 3. The van der Waals surface area contributed by atoms with E-state index >= 15 is 0 Å². The lowest BCUT2D eigenvalue weighted by atomic mass is 9.77. The standard InChI is InChI=1S/C26H22N2O2/c1-2-16-7-3-5-9-18(16)23-15-24(27)22-14-13-20-19-10-6-4-8-17(19)11-12-21(20)25(22)26(23)28(29)30/h2-10,12-14,23-24H,1,11,15,27H2. The van der Waals surface area contributed by atoms with Crippen molar-refractivity contribution >= 4 is 17.8 Å². The fourth-order valence-electron chi connectivity index (χ4n) is 5.02. The second-order valence-electron chi connectivity index (χ2n) is 7.93. The summed E-state index contributed by atoms with van der Waals surface area (Å²) in [6.45, 7) is 3.90. The second-order valence-corrected chi connectivity index (χ2v) is 7.93. The van der Waals surface area contributed by atoms with E-state index in [9.17, 15) is 10.1 Å². The third kappa shape index (κ3) is 2.72. The molecule has 0 heterocycles. The van der Waals surface area contributed by atoms with Gasteiger partial charge in [-0.3, -0.25) is 10.1 Å². The highest BCUT2D eigenvalue weighted by Crippen LogP contribution is 2.38. The van der Waals surface area contributed by atoms with Gasteiger partial charge in [-0.25, -0.2) is 0 Å². The molecular formula is C26H22N2O2. The molecule has 2 aliphatic rings. The number of hydrogen-bond acceptors (Lipinski definition) is 3. The maximum absolute atomic E-state index is 12.4.